The molecule has 0 heterocycles. The van der Waals surface area contributed by atoms with Crippen LogP contribution in [0.25, 0.3) is 0 Å². The smallest absolute Gasteiger partial charge is 0.150 e. The summed E-state index contributed by atoms with van der Waals surface area (Å²) in [6.45, 7) is 0.667. The molecule has 0 bridgehead atoms. The van der Waals surface area contributed by atoms with Crippen LogP contribution in [0.3, 0.4) is 0 Å². The summed E-state index contributed by atoms with van der Waals surface area (Å²) in [5.41, 5.74) is 1.21. The number of hydrogen-bond acceptors (Lipinski definition) is 3. The summed E-state index contributed by atoms with van der Waals surface area (Å²) in [7, 11) is -2.86. The Kier molecular flexibility index (Phi) is 3.87. The van der Waals surface area contributed by atoms with Crippen molar-refractivity contribution in [2.45, 2.75) is 43.6 Å². The molecular formula is C16H22O3S. The molecule has 2 fully saturated rings. The third-order valence-corrected chi connectivity index (χ3v) is 6.46. The minimum absolute atomic E-state index is 0.104. The van der Waals surface area contributed by atoms with Gasteiger partial charge in [0.25, 0.3) is 0 Å². The van der Waals surface area contributed by atoms with Crippen LogP contribution in [0, 0.1) is 11.8 Å². The predicted octanol–water partition coefficient (Wildman–Crippen LogP) is 2.81. The van der Waals surface area contributed by atoms with Crippen LogP contribution in [0.1, 0.15) is 31.2 Å². The second-order valence-electron chi connectivity index (χ2n) is 6.33. The van der Waals surface area contributed by atoms with E-state index in [-0.39, 0.29) is 5.25 Å². The summed E-state index contributed by atoms with van der Waals surface area (Å²) in [6.07, 6.45) is 5.43. The van der Waals surface area contributed by atoms with Gasteiger partial charge in [0, 0.05) is 6.26 Å². The van der Waals surface area contributed by atoms with Crippen molar-refractivity contribution >= 4 is 9.84 Å². The van der Waals surface area contributed by atoms with Gasteiger partial charge in [0.15, 0.2) is 0 Å². The molecule has 20 heavy (non-hydrogen) atoms. The van der Waals surface area contributed by atoms with E-state index in [0.717, 1.165) is 25.7 Å². The Morgan fingerprint density at radius 3 is 2.20 bits per heavy atom. The fourth-order valence-electron chi connectivity index (χ4n) is 3.78. The third kappa shape index (κ3) is 3.07. The summed E-state index contributed by atoms with van der Waals surface area (Å²) in [4.78, 5) is 0. The molecule has 0 saturated heterocycles. The van der Waals surface area contributed by atoms with E-state index in [1.54, 1.807) is 0 Å². The zero-order valence-electron chi connectivity index (χ0n) is 11.9. The van der Waals surface area contributed by atoms with E-state index in [0.29, 0.717) is 24.5 Å². The van der Waals surface area contributed by atoms with E-state index >= 15 is 0 Å². The van der Waals surface area contributed by atoms with Crippen LogP contribution in [-0.2, 0) is 21.2 Å². The highest BCUT2D eigenvalue weighted by Crippen LogP contribution is 2.47. The number of sulfone groups is 1. The molecule has 2 saturated carbocycles. The first kappa shape index (κ1) is 14.1. The Bertz CT molecular complexity index is 538. The maximum Gasteiger partial charge on any atom is 0.150 e. The first-order chi connectivity index (χ1) is 9.52. The topological polar surface area (TPSA) is 43.4 Å². The molecule has 3 rings (SSSR count). The Labute approximate surface area is 121 Å². The standard InChI is InChI=1S/C16H22O3S/c1-20(17,18)16-9-13-7-15(8-14(13)10-16)19-11-12-5-3-2-4-6-12/h2-6,13-16H,7-11H2,1H3/t13-,14+,15?,16?. The molecule has 0 amide bonds. The zero-order chi connectivity index (χ0) is 14.2. The van der Waals surface area contributed by atoms with Crippen LogP contribution in [0.5, 0.6) is 0 Å². The van der Waals surface area contributed by atoms with Gasteiger partial charge in [-0.15, -0.1) is 0 Å². The number of fused-ring (bicyclic) bond motifs is 1. The Morgan fingerprint density at radius 2 is 1.65 bits per heavy atom. The maximum atomic E-state index is 11.6. The molecule has 0 aliphatic heterocycles. The molecule has 0 aromatic heterocycles. The van der Waals surface area contributed by atoms with Gasteiger partial charge in [0.2, 0.25) is 0 Å². The van der Waals surface area contributed by atoms with Crippen molar-refractivity contribution < 1.29 is 13.2 Å². The molecule has 2 aliphatic rings. The SMILES string of the molecule is CS(=O)(=O)C1C[C@H]2CC(OCc3ccccc3)C[C@H]2C1. The van der Waals surface area contributed by atoms with E-state index in [1.807, 2.05) is 18.2 Å². The van der Waals surface area contributed by atoms with E-state index in [2.05, 4.69) is 12.1 Å². The number of hydrogen-bond donors (Lipinski definition) is 0. The van der Waals surface area contributed by atoms with Gasteiger partial charge in [-0.3, -0.25) is 0 Å². The van der Waals surface area contributed by atoms with Crippen molar-refractivity contribution in [2.75, 3.05) is 6.26 Å². The van der Waals surface area contributed by atoms with Crippen molar-refractivity contribution in [3.63, 3.8) is 0 Å². The zero-order valence-corrected chi connectivity index (χ0v) is 12.7. The summed E-state index contributed by atoms with van der Waals surface area (Å²) in [5, 5.41) is -0.104. The fraction of sp³-hybridized carbons (Fsp3) is 0.625. The second-order valence-corrected chi connectivity index (χ2v) is 8.66. The second kappa shape index (κ2) is 5.49. The van der Waals surface area contributed by atoms with E-state index < -0.39 is 9.84 Å². The first-order valence-corrected chi connectivity index (χ1v) is 9.32. The Hall–Kier alpha value is -0.870. The van der Waals surface area contributed by atoms with Crippen molar-refractivity contribution in [1.29, 1.82) is 0 Å². The maximum absolute atomic E-state index is 11.6. The largest absolute Gasteiger partial charge is 0.374 e. The van der Waals surface area contributed by atoms with Gasteiger partial charge < -0.3 is 4.74 Å². The van der Waals surface area contributed by atoms with Gasteiger partial charge in [-0.2, -0.15) is 0 Å². The molecule has 1 aromatic rings. The molecular weight excluding hydrogens is 272 g/mol. The molecule has 0 spiro atoms. The molecule has 1 aromatic carbocycles. The van der Waals surface area contributed by atoms with Crippen LogP contribution < -0.4 is 0 Å². The molecule has 3 nitrogen and oxygen atoms in total. The van der Waals surface area contributed by atoms with Gasteiger partial charge >= 0.3 is 0 Å². The van der Waals surface area contributed by atoms with Crippen molar-refractivity contribution in [3.05, 3.63) is 35.9 Å². The van der Waals surface area contributed by atoms with Crippen LogP contribution in [-0.4, -0.2) is 26.0 Å². The normalized spacial score (nSPS) is 33.2. The van der Waals surface area contributed by atoms with Crippen LogP contribution >= 0.6 is 0 Å². The number of ether oxygens (including phenoxy) is 1. The minimum Gasteiger partial charge on any atom is -0.374 e. The lowest BCUT2D eigenvalue weighted by Gasteiger charge is -2.15. The summed E-state index contributed by atoms with van der Waals surface area (Å²) < 4.78 is 29.2. The number of benzene rings is 1. The lowest BCUT2D eigenvalue weighted by Crippen LogP contribution is -2.19. The van der Waals surface area contributed by atoms with Crippen molar-refractivity contribution in [3.8, 4) is 0 Å². The van der Waals surface area contributed by atoms with Gasteiger partial charge in [-0.1, -0.05) is 30.3 Å². The van der Waals surface area contributed by atoms with E-state index in [9.17, 15) is 8.42 Å². The highest BCUT2D eigenvalue weighted by Gasteiger charge is 2.44. The average molecular weight is 294 g/mol. The summed E-state index contributed by atoms with van der Waals surface area (Å²) >= 11 is 0. The molecule has 0 N–H and O–H groups in total. The van der Waals surface area contributed by atoms with Gasteiger partial charge in [0.1, 0.15) is 9.84 Å². The Morgan fingerprint density at radius 1 is 1.05 bits per heavy atom. The predicted molar refractivity (Wildman–Crippen MR) is 79.1 cm³/mol. The Balaban J connectivity index is 1.51. The quantitative estimate of drug-likeness (QED) is 0.857. The van der Waals surface area contributed by atoms with Crippen molar-refractivity contribution in [2.24, 2.45) is 11.8 Å². The third-order valence-electron chi connectivity index (χ3n) is 4.86. The lowest BCUT2D eigenvalue weighted by molar-refractivity contribution is 0.0400. The van der Waals surface area contributed by atoms with Gasteiger partial charge in [-0.05, 0) is 43.1 Å². The van der Waals surface area contributed by atoms with E-state index in [4.69, 9.17) is 4.74 Å². The van der Waals surface area contributed by atoms with Crippen LogP contribution in [0.4, 0.5) is 0 Å². The number of rotatable bonds is 4. The van der Waals surface area contributed by atoms with Crippen LogP contribution in [0.15, 0.2) is 30.3 Å². The summed E-state index contributed by atoms with van der Waals surface area (Å²) in [5.74, 6) is 1.10. The lowest BCUT2D eigenvalue weighted by atomic mass is 10.0. The van der Waals surface area contributed by atoms with Crippen molar-refractivity contribution in [1.82, 2.24) is 0 Å². The minimum atomic E-state index is -2.86. The molecule has 4 atom stereocenters. The fourth-order valence-corrected chi connectivity index (χ4v) is 4.97. The monoisotopic (exact) mass is 294 g/mol. The molecule has 0 radical (unpaired) electrons. The molecule has 110 valence electrons. The molecule has 2 aliphatic carbocycles. The summed E-state index contributed by atoms with van der Waals surface area (Å²) in [6, 6.07) is 10.2. The van der Waals surface area contributed by atoms with Crippen LogP contribution in [0.2, 0.25) is 0 Å². The highest BCUT2D eigenvalue weighted by molar-refractivity contribution is 7.91. The van der Waals surface area contributed by atoms with Gasteiger partial charge in [-0.25, -0.2) is 8.42 Å². The molecule has 2 unspecified atom stereocenters. The highest BCUT2D eigenvalue weighted by atomic mass is 32.2. The average Bonchev–Trinajstić information content (AvgIpc) is 2.95. The molecule has 4 heteroatoms. The van der Waals surface area contributed by atoms with E-state index in [1.165, 1.54) is 11.8 Å². The first-order valence-electron chi connectivity index (χ1n) is 7.37. The van der Waals surface area contributed by atoms with Gasteiger partial charge in [0.05, 0.1) is 18.0 Å².